The topological polar surface area (TPSA) is 69.3 Å². The maximum Gasteiger partial charge on any atom is 0.259 e. The minimum absolute atomic E-state index is 0.0230. The van der Waals surface area contributed by atoms with Crippen molar-refractivity contribution in [1.29, 1.82) is 0 Å². The fourth-order valence-corrected chi connectivity index (χ4v) is 7.76. The summed E-state index contributed by atoms with van der Waals surface area (Å²) in [6.07, 6.45) is 6.28. The van der Waals surface area contributed by atoms with Crippen molar-refractivity contribution in [3.8, 4) is 11.3 Å². The first-order valence-corrected chi connectivity index (χ1v) is 15.9. The molecule has 1 saturated carbocycles. The number of hydrogen-bond acceptors (Lipinski definition) is 5. The monoisotopic (exact) mass is 624 g/mol. The van der Waals surface area contributed by atoms with E-state index in [0.29, 0.717) is 23.0 Å². The largest absolute Gasteiger partial charge is 0.293 e. The number of hydrogen-bond donors (Lipinski definition) is 0. The highest BCUT2D eigenvalue weighted by molar-refractivity contribution is 9.10. The molecule has 0 unspecified atom stereocenters. The SMILES string of the molecule is O=C(CSc1nnc2n(Cc3ccccc3)c(=O)c3c(n12)-c1ccccc1CC31CCCCC1)c1ccc(Br)cc1. The van der Waals surface area contributed by atoms with Crippen LogP contribution >= 0.6 is 27.7 Å². The van der Waals surface area contributed by atoms with Crippen LogP contribution in [0.25, 0.3) is 17.0 Å². The van der Waals surface area contributed by atoms with Crippen LogP contribution < -0.4 is 5.56 Å². The molecule has 7 rings (SSSR count). The summed E-state index contributed by atoms with van der Waals surface area (Å²) >= 11 is 4.82. The van der Waals surface area contributed by atoms with E-state index in [2.05, 4.69) is 48.7 Å². The first kappa shape index (κ1) is 26.4. The lowest BCUT2D eigenvalue weighted by Gasteiger charge is -2.42. The maximum atomic E-state index is 14.6. The Morgan fingerprint density at radius 2 is 1.63 bits per heavy atom. The van der Waals surface area contributed by atoms with Crippen LogP contribution in [0.3, 0.4) is 0 Å². The van der Waals surface area contributed by atoms with Crippen molar-refractivity contribution >= 4 is 39.3 Å². The first-order valence-electron chi connectivity index (χ1n) is 14.1. The number of Topliss-reactive ketones (excluding diaryl/α,β-unsaturated/α-hetero) is 1. The van der Waals surface area contributed by atoms with Gasteiger partial charge in [0.25, 0.3) is 5.56 Å². The summed E-state index contributed by atoms with van der Waals surface area (Å²) in [4.78, 5) is 27.8. The van der Waals surface area contributed by atoms with Gasteiger partial charge < -0.3 is 0 Å². The smallest absolute Gasteiger partial charge is 0.259 e. The average Bonchev–Trinajstić information content (AvgIpc) is 3.42. The third-order valence-corrected chi connectivity index (χ3v) is 10.1. The molecule has 8 heteroatoms. The highest BCUT2D eigenvalue weighted by Gasteiger charge is 2.44. The van der Waals surface area contributed by atoms with E-state index in [9.17, 15) is 9.59 Å². The van der Waals surface area contributed by atoms with Gasteiger partial charge in [-0.2, -0.15) is 0 Å². The predicted molar refractivity (Wildman–Crippen MR) is 166 cm³/mol. The number of carbonyl (C=O) groups excluding carboxylic acids is 1. The van der Waals surface area contributed by atoms with Gasteiger partial charge in [0.2, 0.25) is 5.78 Å². The fraction of sp³-hybridized carbons (Fsp3) is 0.273. The molecular formula is C33H29BrN4O2S. The van der Waals surface area contributed by atoms with Crippen LogP contribution in [0.5, 0.6) is 0 Å². The molecule has 2 aliphatic carbocycles. The van der Waals surface area contributed by atoms with Gasteiger partial charge in [-0.15, -0.1) is 10.2 Å². The van der Waals surface area contributed by atoms with Gasteiger partial charge in [0.05, 0.1) is 18.0 Å². The number of fused-ring (bicyclic) bond motifs is 6. The number of halogens is 1. The van der Waals surface area contributed by atoms with Crippen molar-refractivity contribution in [3.05, 3.63) is 116 Å². The van der Waals surface area contributed by atoms with Crippen LogP contribution in [0.15, 0.2) is 93.3 Å². The molecule has 1 spiro atoms. The van der Waals surface area contributed by atoms with Gasteiger partial charge in [0, 0.05) is 26.6 Å². The standard InChI is InChI=1S/C33H29BrN4O2S/c34-25-15-13-23(14-16-25)27(39)21-41-32-36-35-31-37(20-22-9-3-1-4-10-22)30(40)28-29(38(31)32)26-12-6-5-11-24(26)19-33(28)17-7-2-8-18-33/h1,3-6,9-16H,2,7-8,17-21H2. The third-order valence-electron chi connectivity index (χ3n) is 8.60. The number of benzene rings is 3. The minimum Gasteiger partial charge on any atom is -0.293 e. The van der Waals surface area contributed by atoms with E-state index in [4.69, 9.17) is 0 Å². The Labute approximate surface area is 251 Å². The van der Waals surface area contributed by atoms with E-state index < -0.39 is 0 Å². The molecule has 2 aliphatic rings. The van der Waals surface area contributed by atoms with E-state index in [0.717, 1.165) is 59.0 Å². The number of thioether (sulfide) groups is 1. The second-order valence-electron chi connectivity index (χ2n) is 11.1. The molecule has 0 saturated heterocycles. The molecule has 206 valence electrons. The molecule has 0 amide bonds. The number of carbonyl (C=O) groups is 1. The highest BCUT2D eigenvalue weighted by Crippen LogP contribution is 2.49. The van der Waals surface area contributed by atoms with Crippen LogP contribution in [-0.4, -0.2) is 30.7 Å². The Morgan fingerprint density at radius 1 is 0.902 bits per heavy atom. The quantitative estimate of drug-likeness (QED) is 0.149. The number of aromatic nitrogens is 4. The zero-order valence-corrected chi connectivity index (χ0v) is 25.0. The Bertz CT molecular complexity index is 1820. The van der Waals surface area contributed by atoms with Gasteiger partial charge in [-0.3, -0.25) is 18.6 Å². The van der Waals surface area contributed by atoms with Crippen LogP contribution in [0.2, 0.25) is 0 Å². The highest BCUT2D eigenvalue weighted by atomic mass is 79.9. The molecule has 41 heavy (non-hydrogen) atoms. The molecular weight excluding hydrogens is 596 g/mol. The summed E-state index contributed by atoms with van der Waals surface area (Å²) < 4.78 is 4.79. The fourth-order valence-electron chi connectivity index (χ4n) is 6.67. The molecule has 2 aromatic heterocycles. The van der Waals surface area contributed by atoms with Crippen LogP contribution in [0.4, 0.5) is 0 Å². The summed E-state index contributed by atoms with van der Waals surface area (Å²) in [7, 11) is 0. The normalized spacial score (nSPS) is 15.5. The Balaban J connectivity index is 1.43. The number of ketones is 1. The molecule has 2 heterocycles. The van der Waals surface area contributed by atoms with Crippen LogP contribution in [0, 0.1) is 0 Å². The average molecular weight is 626 g/mol. The number of nitrogens with zero attached hydrogens (tertiary/aromatic N) is 4. The summed E-state index contributed by atoms with van der Waals surface area (Å²) in [5, 5.41) is 9.81. The van der Waals surface area contributed by atoms with Gasteiger partial charge in [0.1, 0.15) is 0 Å². The molecule has 0 aliphatic heterocycles. The Morgan fingerprint density at radius 3 is 2.41 bits per heavy atom. The minimum atomic E-state index is -0.217. The van der Waals surface area contributed by atoms with E-state index >= 15 is 0 Å². The molecule has 3 aromatic carbocycles. The second kappa shape index (κ2) is 10.7. The molecule has 0 N–H and O–H groups in total. The van der Waals surface area contributed by atoms with Crippen molar-refractivity contribution in [2.24, 2.45) is 0 Å². The zero-order valence-electron chi connectivity index (χ0n) is 22.6. The van der Waals surface area contributed by atoms with Crippen LogP contribution in [-0.2, 0) is 18.4 Å². The summed E-state index contributed by atoms with van der Waals surface area (Å²) in [5.41, 5.74) is 5.62. The lowest BCUT2D eigenvalue weighted by molar-refractivity contribution is 0.102. The van der Waals surface area contributed by atoms with E-state index in [-0.39, 0.29) is 22.5 Å². The van der Waals surface area contributed by atoms with Gasteiger partial charge in [0.15, 0.2) is 10.9 Å². The summed E-state index contributed by atoms with van der Waals surface area (Å²) in [6.45, 7) is 0.412. The van der Waals surface area contributed by atoms with Crippen molar-refractivity contribution < 1.29 is 4.79 Å². The molecule has 5 aromatic rings. The van der Waals surface area contributed by atoms with Gasteiger partial charge >= 0.3 is 0 Å². The molecule has 0 bridgehead atoms. The van der Waals surface area contributed by atoms with Crippen molar-refractivity contribution in [3.63, 3.8) is 0 Å². The van der Waals surface area contributed by atoms with E-state index in [1.54, 1.807) is 4.57 Å². The van der Waals surface area contributed by atoms with Crippen molar-refractivity contribution in [2.45, 2.75) is 55.6 Å². The van der Waals surface area contributed by atoms with Crippen LogP contribution in [0.1, 0.15) is 59.2 Å². The summed E-state index contributed by atoms with van der Waals surface area (Å²) in [5.74, 6) is 0.760. The predicted octanol–water partition coefficient (Wildman–Crippen LogP) is 7.10. The maximum absolute atomic E-state index is 14.6. The molecule has 6 nitrogen and oxygen atoms in total. The molecule has 0 atom stereocenters. The number of rotatable bonds is 6. The van der Waals surface area contributed by atoms with Gasteiger partial charge in [-0.25, -0.2) is 0 Å². The zero-order chi connectivity index (χ0) is 28.0. The third kappa shape index (κ3) is 4.67. The van der Waals surface area contributed by atoms with E-state index in [1.165, 1.54) is 23.7 Å². The molecule has 0 radical (unpaired) electrons. The Kier molecular flexibility index (Phi) is 6.91. The Hall–Kier alpha value is -3.49. The second-order valence-corrected chi connectivity index (χ2v) is 13.0. The van der Waals surface area contributed by atoms with Crippen molar-refractivity contribution in [2.75, 3.05) is 5.75 Å². The summed E-state index contributed by atoms with van der Waals surface area (Å²) in [6, 6.07) is 25.9. The first-order chi connectivity index (χ1) is 20.0. The van der Waals surface area contributed by atoms with Gasteiger partial charge in [-0.05, 0) is 42.5 Å². The van der Waals surface area contributed by atoms with Crippen molar-refractivity contribution in [1.82, 2.24) is 19.2 Å². The lowest BCUT2D eigenvalue weighted by atomic mass is 9.62. The lowest BCUT2D eigenvalue weighted by Crippen LogP contribution is -2.43. The molecule has 1 fully saturated rings. The van der Waals surface area contributed by atoms with Gasteiger partial charge in [-0.1, -0.05) is 114 Å². The van der Waals surface area contributed by atoms with E-state index in [1.807, 2.05) is 60.7 Å².